The van der Waals surface area contributed by atoms with E-state index in [4.69, 9.17) is 23.8 Å². The van der Waals surface area contributed by atoms with Crippen LogP contribution in [-0.2, 0) is 0 Å². The van der Waals surface area contributed by atoms with Gasteiger partial charge < -0.3 is 20.4 Å². The number of thiocarbonyl (C=S) groups is 1. The van der Waals surface area contributed by atoms with Crippen molar-refractivity contribution < 1.29 is 0 Å². The average Bonchev–Trinajstić information content (AvgIpc) is 3.46. The van der Waals surface area contributed by atoms with Gasteiger partial charge in [-0.05, 0) is 37.2 Å². The van der Waals surface area contributed by atoms with Crippen molar-refractivity contribution in [2.24, 2.45) is 0 Å². The van der Waals surface area contributed by atoms with E-state index in [2.05, 4.69) is 54.7 Å². The van der Waals surface area contributed by atoms with Crippen molar-refractivity contribution in [2.45, 2.75) is 18.9 Å². The van der Waals surface area contributed by atoms with Crippen molar-refractivity contribution >= 4 is 46.4 Å². The van der Waals surface area contributed by atoms with Crippen molar-refractivity contribution in [3.63, 3.8) is 0 Å². The van der Waals surface area contributed by atoms with Crippen molar-refractivity contribution in [3.05, 3.63) is 41.6 Å². The Morgan fingerprint density at radius 1 is 1.04 bits per heavy atom. The standard InChI is InChI=1S/C18H21ClN6S/c19-15-12-16(22-17(21-15)23-18(26)20-13-6-7-13)25-10-8-24(9-11-25)14-4-2-1-3-5-14/h1-5,12-13H,6-11H2,(H2,20,21,22,23,26). The fraction of sp³-hybridized carbons (Fsp3) is 0.389. The van der Waals surface area contributed by atoms with E-state index in [-0.39, 0.29) is 0 Å². The van der Waals surface area contributed by atoms with Crippen molar-refractivity contribution in [3.8, 4) is 0 Å². The van der Waals surface area contributed by atoms with E-state index < -0.39 is 0 Å². The third-order valence-corrected chi connectivity index (χ3v) is 4.96. The molecule has 4 rings (SSSR count). The van der Waals surface area contributed by atoms with Gasteiger partial charge in [-0.2, -0.15) is 4.98 Å². The van der Waals surface area contributed by atoms with Gasteiger partial charge in [-0.15, -0.1) is 0 Å². The number of halogens is 1. The van der Waals surface area contributed by atoms with Gasteiger partial charge in [0.25, 0.3) is 0 Å². The summed E-state index contributed by atoms with van der Waals surface area (Å²) in [5.74, 6) is 1.27. The third-order valence-electron chi connectivity index (χ3n) is 4.54. The molecular formula is C18H21ClN6S. The van der Waals surface area contributed by atoms with Crippen LogP contribution >= 0.6 is 23.8 Å². The quantitative estimate of drug-likeness (QED) is 0.617. The predicted molar refractivity (Wildman–Crippen MR) is 110 cm³/mol. The number of anilines is 3. The van der Waals surface area contributed by atoms with Gasteiger partial charge in [0.2, 0.25) is 5.95 Å². The molecule has 2 N–H and O–H groups in total. The molecule has 8 heteroatoms. The highest BCUT2D eigenvalue weighted by atomic mass is 35.5. The van der Waals surface area contributed by atoms with Gasteiger partial charge in [-0.25, -0.2) is 4.98 Å². The van der Waals surface area contributed by atoms with Crippen molar-refractivity contribution in [1.29, 1.82) is 0 Å². The number of para-hydroxylation sites is 1. The zero-order chi connectivity index (χ0) is 17.9. The molecular weight excluding hydrogens is 368 g/mol. The first-order valence-electron chi connectivity index (χ1n) is 8.84. The molecule has 1 aromatic heterocycles. The Hall–Kier alpha value is -2.12. The summed E-state index contributed by atoms with van der Waals surface area (Å²) in [6.07, 6.45) is 2.32. The van der Waals surface area contributed by atoms with Gasteiger partial charge in [0.05, 0.1) is 0 Å². The highest BCUT2D eigenvalue weighted by Gasteiger charge is 2.23. The summed E-state index contributed by atoms with van der Waals surface area (Å²) < 4.78 is 0. The molecule has 0 unspecified atom stereocenters. The van der Waals surface area contributed by atoms with Crippen molar-refractivity contribution in [2.75, 3.05) is 41.3 Å². The maximum absolute atomic E-state index is 6.20. The highest BCUT2D eigenvalue weighted by Crippen LogP contribution is 2.22. The van der Waals surface area contributed by atoms with E-state index in [1.54, 1.807) is 0 Å². The molecule has 1 aliphatic heterocycles. The Labute approximate surface area is 163 Å². The molecule has 1 saturated heterocycles. The van der Waals surface area contributed by atoms with Gasteiger partial charge in [0.1, 0.15) is 11.0 Å². The molecule has 1 aromatic carbocycles. The lowest BCUT2D eigenvalue weighted by Crippen LogP contribution is -2.47. The number of hydrogen-bond donors (Lipinski definition) is 2. The lowest BCUT2D eigenvalue weighted by molar-refractivity contribution is 0.647. The molecule has 0 bridgehead atoms. The number of aromatic nitrogens is 2. The first-order chi connectivity index (χ1) is 12.7. The summed E-state index contributed by atoms with van der Waals surface area (Å²) in [5, 5.41) is 7.23. The van der Waals surface area contributed by atoms with Crippen LogP contribution in [0.1, 0.15) is 12.8 Å². The topological polar surface area (TPSA) is 56.3 Å². The Morgan fingerprint density at radius 3 is 2.42 bits per heavy atom. The predicted octanol–water partition coefficient (Wildman–Crippen LogP) is 2.91. The monoisotopic (exact) mass is 388 g/mol. The second-order valence-corrected chi connectivity index (χ2v) is 7.35. The van der Waals surface area contributed by atoms with Gasteiger partial charge in [-0.3, -0.25) is 0 Å². The van der Waals surface area contributed by atoms with E-state index in [1.165, 1.54) is 5.69 Å². The molecule has 1 saturated carbocycles. The van der Waals surface area contributed by atoms with E-state index >= 15 is 0 Å². The largest absolute Gasteiger partial charge is 0.368 e. The van der Waals surface area contributed by atoms with Crippen LogP contribution < -0.4 is 20.4 Å². The van der Waals surface area contributed by atoms with Crippen LogP contribution in [0.4, 0.5) is 17.5 Å². The van der Waals surface area contributed by atoms with Crippen LogP contribution in [0.3, 0.4) is 0 Å². The number of benzene rings is 1. The Morgan fingerprint density at radius 2 is 1.73 bits per heavy atom. The molecule has 0 radical (unpaired) electrons. The second kappa shape index (κ2) is 7.63. The molecule has 0 spiro atoms. The first-order valence-corrected chi connectivity index (χ1v) is 9.63. The summed E-state index contributed by atoms with van der Waals surface area (Å²) in [6, 6.07) is 12.8. The fourth-order valence-corrected chi connectivity index (χ4v) is 3.44. The van der Waals surface area contributed by atoms with Crippen LogP contribution in [0.15, 0.2) is 36.4 Å². The first kappa shape index (κ1) is 17.3. The lowest BCUT2D eigenvalue weighted by Gasteiger charge is -2.36. The lowest BCUT2D eigenvalue weighted by atomic mass is 10.2. The van der Waals surface area contributed by atoms with Crippen LogP contribution in [-0.4, -0.2) is 47.3 Å². The summed E-state index contributed by atoms with van der Waals surface area (Å²) >= 11 is 11.5. The minimum Gasteiger partial charge on any atom is -0.368 e. The number of piperazine rings is 1. The Kier molecular flexibility index (Phi) is 5.08. The minimum atomic E-state index is 0.414. The summed E-state index contributed by atoms with van der Waals surface area (Å²) in [4.78, 5) is 13.4. The van der Waals surface area contributed by atoms with Gasteiger partial charge in [0, 0.05) is 44.0 Å². The number of nitrogens with zero attached hydrogens (tertiary/aromatic N) is 4. The van der Waals surface area contributed by atoms with E-state index in [1.807, 2.05) is 12.1 Å². The van der Waals surface area contributed by atoms with Crippen LogP contribution in [0.5, 0.6) is 0 Å². The van der Waals surface area contributed by atoms with Gasteiger partial charge in [0.15, 0.2) is 5.11 Å². The molecule has 0 atom stereocenters. The van der Waals surface area contributed by atoms with E-state index in [0.717, 1.165) is 44.8 Å². The maximum atomic E-state index is 6.20. The number of nitrogens with one attached hydrogen (secondary N) is 2. The SMILES string of the molecule is S=C(Nc1nc(Cl)cc(N2CCN(c3ccccc3)CC2)n1)NC1CC1. The Bertz CT molecular complexity index is 775. The second-order valence-electron chi connectivity index (χ2n) is 6.55. The molecule has 2 fully saturated rings. The zero-order valence-corrected chi connectivity index (χ0v) is 15.9. The number of hydrogen-bond acceptors (Lipinski definition) is 5. The van der Waals surface area contributed by atoms with Gasteiger partial charge >= 0.3 is 0 Å². The summed E-state index contributed by atoms with van der Waals surface area (Å²) in [7, 11) is 0. The molecule has 2 aliphatic rings. The van der Waals surface area contributed by atoms with Crippen LogP contribution in [0, 0.1) is 0 Å². The molecule has 2 heterocycles. The van der Waals surface area contributed by atoms with E-state index in [0.29, 0.717) is 22.3 Å². The van der Waals surface area contributed by atoms with Crippen LogP contribution in [0.2, 0.25) is 5.15 Å². The maximum Gasteiger partial charge on any atom is 0.232 e. The molecule has 26 heavy (non-hydrogen) atoms. The third kappa shape index (κ3) is 4.34. The molecule has 136 valence electrons. The molecule has 2 aromatic rings. The fourth-order valence-electron chi connectivity index (χ4n) is 3.01. The smallest absolute Gasteiger partial charge is 0.232 e. The average molecular weight is 389 g/mol. The van der Waals surface area contributed by atoms with Gasteiger partial charge in [-0.1, -0.05) is 29.8 Å². The normalized spacial score (nSPS) is 17.1. The zero-order valence-electron chi connectivity index (χ0n) is 14.4. The molecule has 0 amide bonds. The Balaban J connectivity index is 1.40. The summed E-state index contributed by atoms with van der Waals surface area (Å²) in [6.45, 7) is 3.64. The molecule has 6 nitrogen and oxygen atoms in total. The van der Waals surface area contributed by atoms with Crippen molar-refractivity contribution in [1.82, 2.24) is 15.3 Å². The molecule has 1 aliphatic carbocycles. The van der Waals surface area contributed by atoms with E-state index in [9.17, 15) is 0 Å². The highest BCUT2D eigenvalue weighted by molar-refractivity contribution is 7.80. The van der Waals surface area contributed by atoms with Crippen LogP contribution in [0.25, 0.3) is 0 Å². The minimum absolute atomic E-state index is 0.414. The number of rotatable bonds is 4. The summed E-state index contributed by atoms with van der Waals surface area (Å²) in [5.41, 5.74) is 1.26.